The summed E-state index contributed by atoms with van der Waals surface area (Å²) in [5.41, 5.74) is 1.59. The number of hydrogen-bond acceptors (Lipinski definition) is 6. The Morgan fingerprint density at radius 2 is 1.43 bits per heavy atom. The van der Waals surface area contributed by atoms with Gasteiger partial charge < -0.3 is 28.8 Å². The van der Waals surface area contributed by atoms with E-state index >= 15 is 0 Å². The summed E-state index contributed by atoms with van der Waals surface area (Å²) in [6.07, 6.45) is 0. The van der Waals surface area contributed by atoms with Crippen molar-refractivity contribution in [3.8, 4) is 28.7 Å². The summed E-state index contributed by atoms with van der Waals surface area (Å²) in [5.74, 6) is 2.50. The average molecular weight is 384 g/mol. The van der Waals surface area contributed by atoms with Gasteiger partial charge in [0.2, 0.25) is 0 Å². The molecule has 148 valence electrons. The van der Waals surface area contributed by atoms with Gasteiger partial charge >= 0.3 is 0 Å². The molecule has 1 N–H and O–H groups in total. The molecule has 3 aromatic carbocycles. The highest BCUT2D eigenvalue weighted by Crippen LogP contribution is 2.50. The molecule has 0 heterocycles. The fraction of sp³-hybridized carbons (Fsp3) is 0.273. The van der Waals surface area contributed by atoms with Crippen molar-refractivity contribution in [2.45, 2.75) is 13.2 Å². The molecule has 3 aromatic rings. The van der Waals surface area contributed by atoms with Gasteiger partial charge in [-0.05, 0) is 11.6 Å². The van der Waals surface area contributed by atoms with Crippen LogP contribution < -0.4 is 23.7 Å². The summed E-state index contributed by atoms with van der Waals surface area (Å²) in [7, 11) is 6.25. The quantitative estimate of drug-likeness (QED) is 0.634. The number of benzene rings is 3. The van der Waals surface area contributed by atoms with E-state index in [2.05, 4.69) is 0 Å². The van der Waals surface area contributed by atoms with Crippen LogP contribution in [0.3, 0.4) is 0 Å². The molecule has 0 fully saturated rings. The monoisotopic (exact) mass is 384 g/mol. The van der Waals surface area contributed by atoms with Gasteiger partial charge in [-0.3, -0.25) is 0 Å². The molecule has 3 rings (SSSR count). The van der Waals surface area contributed by atoms with Gasteiger partial charge in [-0.25, -0.2) is 0 Å². The minimum atomic E-state index is -0.214. The second-order valence-electron chi connectivity index (χ2n) is 6.07. The van der Waals surface area contributed by atoms with Crippen molar-refractivity contribution in [1.82, 2.24) is 0 Å². The molecule has 0 aromatic heterocycles. The lowest BCUT2D eigenvalue weighted by Gasteiger charge is -2.21. The second kappa shape index (κ2) is 8.71. The number of ether oxygens (including phenoxy) is 5. The van der Waals surface area contributed by atoms with Gasteiger partial charge in [0.15, 0.2) is 23.0 Å². The standard InChI is InChI=1S/C22H24O6/c1-24-17-11-18(25-2)21(26-3)19-16(17)10-15(12-23)20(22(19)27-4)28-13-14-8-6-5-7-9-14/h5-11,23H,12-13H2,1-4H3. The topological polar surface area (TPSA) is 66.4 Å². The fourth-order valence-electron chi connectivity index (χ4n) is 3.22. The summed E-state index contributed by atoms with van der Waals surface area (Å²) in [6, 6.07) is 13.3. The van der Waals surface area contributed by atoms with E-state index in [9.17, 15) is 5.11 Å². The minimum absolute atomic E-state index is 0.214. The van der Waals surface area contributed by atoms with Crippen molar-refractivity contribution in [1.29, 1.82) is 0 Å². The Bertz CT molecular complexity index is 953. The van der Waals surface area contributed by atoms with E-state index in [0.29, 0.717) is 46.3 Å². The maximum absolute atomic E-state index is 9.95. The molecule has 28 heavy (non-hydrogen) atoms. The zero-order valence-corrected chi connectivity index (χ0v) is 16.4. The molecule has 0 atom stereocenters. The molecule has 0 bridgehead atoms. The van der Waals surface area contributed by atoms with Gasteiger partial charge in [-0.2, -0.15) is 0 Å². The highest BCUT2D eigenvalue weighted by atomic mass is 16.5. The zero-order chi connectivity index (χ0) is 20.1. The van der Waals surface area contributed by atoms with Crippen molar-refractivity contribution in [2.24, 2.45) is 0 Å². The predicted octanol–water partition coefficient (Wildman–Crippen LogP) is 3.95. The first-order valence-corrected chi connectivity index (χ1v) is 8.78. The molecule has 6 nitrogen and oxygen atoms in total. The third-order valence-corrected chi connectivity index (χ3v) is 4.54. The zero-order valence-electron chi connectivity index (χ0n) is 16.4. The van der Waals surface area contributed by atoms with Crippen LogP contribution >= 0.6 is 0 Å². The number of methoxy groups -OCH3 is 4. The average Bonchev–Trinajstić information content (AvgIpc) is 2.75. The summed E-state index contributed by atoms with van der Waals surface area (Å²) in [4.78, 5) is 0. The molecule has 0 unspecified atom stereocenters. The second-order valence-corrected chi connectivity index (χ2v) is 6.07. The lowest BCUT2D eigenvalue weighted by Crippen LogP contribution is -2.04. The van der Waals surface area contributed by atoms with Crippen LogP contribution in [0.2, 0.25) is 0 Å². The molecule has 0 radical (unpaired) electrons. The molecule has 0 amide bonds. The van der Waals surface area contributed by atoms with Gasteiger partial charge in [0.05, 0.1) is 40.4 Å². The lowest BCUT2D eigenvalue weighted by molar-refractivity contribution is 0.250. The molecule has 6 heteroatoms. The van der Waals surface area contributed by atoms with E-state index in [4.69, 9.17) is 23.7 Å². The van der Waals surface area contributed by atoms with Gasteiger partial charge in [-0.15, -0.1) is 0 Å². The van der Waals surface area contributed by atoms with Crippen LogP contribution in [0.25, 0.3) is 10.8 Å². The molecule has 0 aliphatic heterocycles. The third-order valence-electron chi connectivity index (χ3n) is 4.54. The molecular formula is C22H24O6. The van der Waals surface area contributed by atoms with Crippen molar-refractivity contribution >= 4 is 10.8 Å². The minimum Gasteiger partial charge on any atom is -0.496 e. The summed E-state index contributed by atoms with van der Waals surface area (Å²) >= 11 is 0. The number of fused-ring (bicyclic) bond motifs is 1. The smallest absolute Gasteiger partial charge is 0.172 e. The molecular weight excluding hydrogens is 360 g/mol. The SMILES string of the molecule is COc1cc(OC)c2cc(CO)c(OCc3ccccc3)c(OC)c2c1OC. The van der Waals surface area contributed by atoms with Gasteiger partial charge in [0.25, 0.3) is 0 Å². The van der Waals surface area contributed by atoms with Crippen LogP contribution in [-0.2, 0) is 13.2 Å². The van der Waals surface area contributed by atoms with Crippen LogP contribution in [0.4, 0.5) is 0 Å². The highest BCUT2D eigenvalue weighted by molar-refractivity contribution is 6.02. The Labute approximate surface area is 164 Å². The van der Waals surface area contributed by atoms with Crippen molar-refractivity contribution in [3.63, 3.8) is 0 Å². The van der Waals surface area contributed by atoms with Gasteiger partial charge in [0, 0.05) is 17.0 Å². The van der Waals surface area contributed by atoms with E-state index in [1.807, 2.05) is 36.4 Å². The molecule has 0 saturated heterocycles. The third kappa shape index (κ3) is 3.51. The van der Waals surface area contributed by atoms with E-state index in [1.165, 1.54) is 0 Å². The maximum atomic E-state index is 9.95. The van der Waals surface area contributed by atoms with Crippen LogP contribution in [-0.4, -0.2) is 33.5 Å². The molecule has 0 saturated carbocycles. The fourth-order valence-corrected chi connectivity index (χ4v) is 3.22. The Morgan fingerprint density at radius 1 is 0.750 bits per heavy atom. The summed E-state index contributed by atoms with van der Waals surface area (Å²) in [6.45, 7) is 0.118. The van der Waals surface area contributed by atoms with E-state index < -0.39 is 0 Å². The van der Waals surface area contributed by atoms with Crippen molar-refractivity contribution in [2.75, 3.05) is 28.4 Å². The first-order chi connectivity index (χ1) is 13.7. The Kier molecular flexibility index (Phi) is 6.11. The van der Waals surface area contributed by atoms with E-state index in [0.717, 1.165) is 10.9 Å². The Hall–Kier alpha value is -3.12. The number of aliphatic hydroxyl groups excluding tert-OH is 1. The molecule has 0 aliphatic carbocycles. The van der Waals surface area contributed by atoms with Crippen LogP contribution in [0.15, 0.2) is 42.5 Å². The lowest BCUT2D eigenvalue weighted by atomic mass is 10.0. The number of aliphatic hydroxyl groups is 1. The van der Waals surface area contributed by atoms with Crippen LogP contribution in [0.5, 0.6) is 28.7 Å². The van der Waals surface area contributed by atoms with Crippen LogP contribution in [0.1, 0.15) is 11.1 Å². The van der Waals surface area contributed by atoms with Crippen molar-refractivity contribution < 1.29 is 28.8 Å². The Morgan fingerprint density at radius 3 is 2.00 bits per heavy atom. The van der Waals surface area contributed by atoms with Crippen molar-refractivity contribution in [3.05, 3.63) is 53.6 Å². The molecule has 0 spiro atoms. The van der Waals surface area contributed by atoms with Gasteiger partial charge in [-0.1, -0.05) is 30.3 Å². The van der Waals surface area contributed by atoms with Gasteiger partial charge in [0.1, 0.15) is 12.4 Å². The summed E-state index contributed by atoms with van der Waals surface area (Å²) < 4.78 is 28.4. The highest BCUT2D eigenvalue weighted by Gasteiger charge is 2.24. The predicted molar refractivity (Wildman–Crippen MR) is 107 cm³/mol. The first-order valence-electron chi connectivity index (χ1n) is 8.78. The first kappa shape index (κ1) is 19.6. The number of hydrogen-bond donors (Lipinski definition) is 1. The molecule has 0 aliphatic rings. The van der Waals surface area contributed by atoms with Crippen LogP contribution in [0, 0.1) is 0 Å². The maximum Gasteiger partial charge on any atom is 0.172 e. The van der Waals surface area contributed by atoms with E-state index in [1.54, 1.807) is 34.5 Å². The summed E-state index contributed by atoms with van der Waals surface area (Å²) in [5, 5.41) is 11.3. The normalized spacial score (nSPS) is 10.6. The largest absolute Gasteiger partial charge is 0.496 e. The number of rotatable bonds is 8. The van der Waals surface area contributed by atoms with E-state index in [-0.39, 0.29) is 6.61 Å². The Balaban J connectivity index is 2.24.